The highest BCUT2D eigenvalue weighted by atomic mass is 16.5. The normalized spacial score (nSPS) is 27.5. The van der Waals surface area contributed by atoms with Crippen LogP contribution in [0.4, 0.5) is 0 Å². The Hall–Kier alpha value is -2.13. The second-order valence-corrected chi connectivity index (χ2v) is 8.35. The van der Waals surface area contributed by atoms with Crippen molar-refractivity contribution in [1.82, 2.24) is 4.90 Å². The number of carbonyl (C=O) groups excluding carboxylic acids is 1. The van der Waals surface area contributed by atoms with Crippen molar-refractivity contribution < 1.29 is 9.53 Å². The maximum Gasteiger partial charge on any atom is 0.318 e. The van der Waals surface area contributed by atoms with Gasteiger partial charge in [0.2, 0.25) is 0 Å². The number of nitrogens with zero attached hydrogens (tertiary/aromatic N) is 1. The van der Waals surface area contributed by atoms with Gasteiger partial charge in [-0.2, -0.15) is 0 Å². The molecule has 2 aliphatic heterocycles. The molecule has 2 aromatic carbocycles. The van der Waals surface area contributed by atoms with Crippen LogP contribution in [0.3, 0.4) is 0 Å². The van der Waals surface area contributed by atoms with E-state index in [1.54, 1.807) is 0 Å². The number of fused-ring (bicyclic) bond motifs is 4. The number of esters is 1. The maximum atomic E-state index is 13.5. The highest BCUT2D eigenvalue weighted by Gasteiger charge is 2.43. The Balaban J connectivity index is 1.49. The Morgan fingerprint density at radius 1 is 0.889 bits per heavy atom. The van der Waals surface area contributed by atoms with Crippen LogP contribution in [0, 0.1) is 0 Å². The van der Waals surface area contributed by atoms with Crippen molar-refractivity contribution >= 4 is 5.97 Å². The first-order valence-corrected chi connectivity index (χ1v) is 10.3. The fourth-order valence-corrected chi connectivity index (χ4v) is 5.52. The molecule has 2 heterocycles. The van der Waals surface area contributed by atoms with Gasteiger partial charge in [-0.3, -0.25) is 9.69 Å². The van der Waals surface area contributed by atoms with Gasteiger partial charge in [-0.15, -0.1) is 0 Å². The van der Waals surface area contributed by atoms with Crippen molar-refractivity contribution in [3.05, 3.63) is 70.8 Å². The fourth-order valence-electron chi connectivity index (χ4n) is 5.52. The van der Waals surface area contributed by atoms with Gasteiger partial charge in [0, 0.05) is 12.1 Å². The Morgan fingerprint density at radius 3 is 2.15 bits per heavy atom. The smallest absolute Gasteiger partial charge is 0.318 e. The molecule has 1 aliphatic carbocycles. The van der Waals surface area contributed by atoms with Crippen LogP contribution < -0.4 is 0 Å². The quantitative estimate of drug-likeness (QED) is 0.755. The summed E-state index contributed by atoms with van der Waals surface area (Å²) in [6.07, 6.45) is 6.52. The van der Waals surface area contributed by atoms with E-state index in [0.29, 0.717) is 12.1 Å². The number of ether oxygens (including phenoxy) is 1. The SMILES string of the molecule is CN1C2CCC1[C@H](OC(=O)C1c3ccccc3CCc3ccccc31)CC2. The van der Waals surface area contributed by atoms with Crippen LogP contribution in [0.5, 0.6) is 0 Å². The zero-order valence-corrected chi connectivity index (χ0v) is 15.9. The molecular formula is C24H27NO2. The summed E-state index contributed by atoms with van der Waals surface area (Å²) in [4.78, 5) is 15.9. The van der Waals surface area contributed by atoms with Crippen molar-refractivity contribution in [3.8, 4) is 0 Å². The first-order chi connectivity index (χ1) is 13.2. The van der Waals surface area contributed by atoms with Crippen LogP contribution in [0.1, 0.15) is 53.9 Å². The van der Waals surface area contributed by atoms with Crippen LogP contribution in [0.15, 0.2) is 48.5 Å². The van der Waals surface area contributed by atoms with Gasteiger partial charge in [0.15, 0.2) is 0 Å². The molecule has 2 bridgehead atoms. The zero-order valence-electron chi connectivity index (χ0n) is 15.9. The van der Waals surface area contributed by atoms with Crippen LogP contribution in [0.25, 0.3) is 0 Å². The van der Waals surface area contributed by atoms with E-state index in [1.165, 1.54) is 17.5 Å². The summed E-state index contributed by atoms with van der Waals surface area (Å²) >= 11 is 0. The Morgan fingerprint density at radius 2 is 1.48 bits per heavy atom. The highest BCUT2D eigenvalue weighted by Crippen LogP contribution is 2.39. The second kappa shape index (κ2) is 6.79. The van der Waals surface area contributed by atoms with Crippen molar-refractivity contribution in [2.45, 2.75) is 62.6 Å². The molecule has 5 rings (SSSR count). The van der Waals surface area contributed by atoms with E-state index in [9.17, 15) is 4.79 Å². The standard InChI is InChI=1S/C24H27NO2/c1-25-18-12-14-21(25)22(15-13-18)27-24(26)23-19-8-4-2-6-16(19)10-11-17-7-3-5-9-20(17)23/h2-9,18,21-23H,10-15H2,1H3/t18?,21?,22-/m1/s1. The van der Waals surface area contributed by atoms with Crippen molar-refractivity contribution in [2.75, 3.05) is 7.05 Å². The number of aryl methyl sites for hydroxylation is 2. The first kappa shape index (κ1) is 17.0. The lowest BCUT2D eigenvalue weighted by atomic mass is 9.88. The van der Waals surface area contributed by atoms with Gasteiger partial charge in [0.05, 0.1) is 0 Å². The number of benzene rings is 2. The van der Waals surface area contributed by atoms with E-state index in [2.05, 4.69) is 48.3 Å². The Kier molecular flexibility index (Phi) is 4.28. The minimum absolute atomic E-state index is 0.0313. The lowest BCUT2D eigenvalue weighted by Crippen LogP contribution is -2.47. The molecule has 3 aliphatic rings. The molecular weight excluding hydrogens is 334 g/mol. The van der Waals surface area contributed by atoms with Gasteiger partial charge in [-0.25, -0.2) is 0 Å². The predicted octanol–water partition coefficient (Wildman–Crippen LogP) is 4.09. The van der Waals surface area contributed by atoms with E-state index >= 15 is 0 Å². The molecule has 3 heteroatoms. The number of likely N-dealkylation sites (N-methyl/N-ethyl adjacent to an activating group) is 1. The van der Waals surface area contributed by atoms with Crippen LogP contribution in [0.2, 0.25) is 0 Å². The molecule has 27 heavy (non-hydrogen) atoms. The molecule has 0 radical (unpaired) electrons. The molecule has 2 aromatic rings. The molecule has 2 saturated heterocycles. The summed E-state index contributed by atoms with van der Waals surface area (Å²) in [5.74, 6) is -0.370. The molecule has 0 aromatic heterocycles. The summed E-state index contributed by atoms with van der Waals surface area (Å²) in [5, 5.41) is 0. The number of hydrogen-bond acceptors (Lipinski definition) is 3. The van der Waals surface area contributed by atoms with Crippen molar-refractivity contribution in [1.29, 1.82) is 0 Å². The van der Waals surface area contributed by atoms with Crippen molar-refractivity contribution in [3.63, 3.8) is 0 Å². The number of piperidine rings is 1. The van der Waals surface area contributed by atoms with Gasteiger partial charge in [0.25, 0.3) is 0 Å². The molecule has 3 nitrogen and oxygen atoms in total. The van der Waals surface area contributed by atoms with E-state index in [0.717, 1.165) is 43.2 Å². The topological polar surface area (TPSA) is 29.5 Å². The van der Waals surface area contributed by atoms with Gasteiger partial charge >= 0.3 is 5.97 Å². The summed E-state index contributed by atoms with van der Waals surface area (Å²) < 4.78 is 6.22. The van der Waals surface area contributed by atoms with Crippen LogP contribution in [-0.2, 0) is 22.4 Å². The van der Waals surface area contributed by atoms with Gasteiger partial charge in [0.1, 0.15) is 12.0 Å². The summed E-state index contributed by atoms with van der Waals surface area (Å²) in [6, 6.07) is 17.9. The van der Waals surface area contributed by atoms with Gasteiger partial charge in [-0.05, 0) is 67.8 Å². The minimum Gasteiger partial charge on any atom is -0.460 e. The summed E-state index contributed by atoms with van der Waals surface area (Å²) in [7, 11) is 2.19. The highest BCUT2D eigenvalue weighted by molar-refractivity contribution is 5.84. The molecule has 0 spiro atoms. The molecule has 0 N–H and O–H groups in total. The Labute approximate surface area is 161 Å². The average molecular weight is 361 g/mol. The average Bonchev–Trinajstić information content (AvgIpc) is 2.85. The number of carbonyl (C=O) groups is 1. The van der Waals surface area contributed by atoms with E-state index < -0.39 is 0 Å². The van der Waals surface area contributed by atoms with Crippen molar-refractivity contribution in [2.24, 2.45) is 0 Å². The van der Waals surface area contributed by atoms with Crippen LogP contribution >= 0.6 is 0 Å². The largest absolute Gasteiger partial charge is 0.460 e. The molecule has 2 fully saturated rings. The zero-order chi connectivity index (χ0) is 18.4. The minimum atomic E-state index is -0.302. The molecule has 2 unspecified atom stereocenters. The van der Waals surface area contributed by atoms with E-state index in [4.69, 9.17) is 4.74 Å². The monoisotopic (exact) mass is 361 g/mol. The Bertz CT molecular complexity index is 813. The third-order valence-corrected chi connectivity index (χ3v) is 7.01. The van der Waals surface area contributed by atoms with E-state index in [1.807, 2.05) is 12.1 Å². The second-order valence-electron chi connectivity index (χ2n) is 8.35. The lowest BCUT2D eigenvalue weighted by Gasteiger charge is -2.37. The lowest BCUT2D eigenvalue weighted by molar-refractivity contribution is -0.155. The van der Waals surface area contributed by atoms with E-state index in [-0.39, 0.29) is 18.0 Å². The fraction of sp³-hybridized carbons (Fsp3) is 0.458. The third kappa shape index (κ3) is 2.89. The van der Waals surface area contributed by atoms with Gasteiger partial charge in [-0.1, -0.05) is 48.5 Å². The maximum absolute atomic E-state index is 13.5. The molecule has 0 saturated carbocycles. The van der Waals surface area contributed by atoms with Gasteiger partial charge < -0.3 is 4.74 Å². The van der Waals surface area contributed by atoms with Crippen LogP contribution in [-0.4, -0.2) is 36.1 Å². The number of rotatable bonds is 2. The summed E-state index contributed by atoms with van der Waals surface area (Å²) in [6.45, 7) is 0. The molecule has 3 atom stereocenters. The molecule has 0 amide bonds. The number of hydrogen-bond donors (Lipinski definition) is 0. The first-order valence-electron chi connectivity index (χ1n) is 10.3. The molecule has 140 valence electrons. The third-order valence-electron chi connectivity index (χ3n) is 7.01. The predicted molar refractivity (Wildman–Crippen MR) is 106 cm³/mol. The summed E-state index contributed by atoms with van der Waals surface area (Å²) in [5.41, 5.74) is 4.80.